The molecular formula is C12H15FN2O5S. The van der Waals surface area contributed by atoms with E-state index in [0.29, 0.717) is 5.56 Å². The molecular weight excluding hydrogens is 303 g/mol. The molecule has 0 aliphatic carbocycles. The molecule has 1 aromatic rings. The van der Waals surface area contributed by atoms with E-state index in [4.69, 9.17) is 10.8 Å². The quantitative estimate of drug-likeness (QED) is 0.614. The van der Waals surface area contributed by atoms with E-state index in [1.54, 1.807) is 0 Å². The van der Waals surface area contributed by atoms with Gasteiger partial charge in [-0.3, -0.25) is 9.59 Å². The predicted octanol–water partition coefficient (Wildman–Crippen LogP) is 0.153. The maximum Gasteiger partial charge on any atom is 0.332 e. The van der Waals surface area contributed by atoms with E-state index in [0.717, 1.165) is 12.1 Å². The summed E-state index contributed by atoms with van der Waals surface area (Å²) in [6.07, 6.45) is -0.0232. The zero-order chi connectivity index (χ0) is 16.0. The highest BCUT2D eigenvalue weighted by molar-refractivity contribution is 7.86. The molecule has 1 unspecified atom stereocenters. The molecule has 1 amide bonds. The zero-order valence-electron chi connectivity index (χ0n) is 11.0. The first-order chi connectivity index (χ1) is 9.70. The number of nitrogens with two attached hydrogens (primary N) is 1. The van der Waals surface area contributed by atoms with Crippen molar-refractivity contribution in [1.29, 1.82) is 0 Å². The summed E-state index contributed by atoms with van der Waals surface area (Å²) in [6.45, 7) is 0.119. The van der Waals surface area contributed by atoms with Gasteiger partial charge in [-0.05, 0) is 24.1 Å². The van der Waals surface area contributed by atoms with Gasteiger partial charge in [0.05, 0.1) is 4.90 Å². The summed E-state index contributed by atoms with van der Waals surface area (Å²) < 4.78 is 33.9. The summed E-state index contributed by atoms with van der Waals surface area (Å²) in [5.74, 6) is -1.56. The van der Waals surface area contributed by atoms with Crippen LogP contribution < -0.4 is 11.1 Å². The molecule has 0 saturated heterocycles. The average Bonchev–Trinajstić information content (AvgIpc) is 2.41. The van der Waals surface area contributed by atoms with Crippen LogP contribution in [0.4, 0.5) is 3.89 Å². The summed E-state index contributed by atoms with van der Waals surface area (Å²) in [5.41, 5.74) is 5.84. The van der Waals surface area contributed by atoms with E-state index in [2.05, 4.69) is 5.32 Å². The van der Waals surface area contributed by atoms with E-state index in [1.807, 2.05) is 0 Å². The van der Waals surface area contributed by atoms with Gasteiger partial charge in [0.15, 0.2) is 0 Å². The van der Waals surface area contributed by atoms with E-state index in [-0.39, 0.29) is 25.3 Å². The fourth-order valence-electron chi connectivity index (χ4n) is 1.47. The highest BCUT2D eigenvalue weighted by atomic mass is 32.3. The number of carbonyl (C=O) groups is 2. The van der Waals surface area contributed by atoms with Crippen LogP contribution in [0, 0.1) is 0 Å². The second-order valence-electron chi connectivity index (χ2n) is 4.34. The SMILES string of the molecule is NC(CCC(=O)NCc1ccc(S(=O)(=O)F)cc1)C(=O)O. The van der Waals surface area contributed by atoms with Gasteiger partial charge in [0.25, 0.3) is 0 Å². The van der Waals surface area contributed by atoms with E-state index in [9.17, 15) is 21.9 Å². The highest BCUT2D eigenvalue weighted by Gasteiger charge is 2.14. The number of carboxylic acids is 1. The zero-order valence-corrected chi connectivity index (χ0v) is 11.8. The predicted molar refractivity (Wildman–Crippen MR) is 71.4 cm³/mol. The molecule has 0 fully saturated rings. The molecule has 9 heteroatoms. The van der Waals surface area contributed by atoms with Crippen LogP contribution in [0.15, 0.2) is 29.2 Å². The Morgan fingerprint density at radius 2 is 1.86 bits per heavy atom. The maximum absolute atomic E-state index is 12.7. The van der Waals surface area contributed by atoms with Crippen molar-refractivity contribution in [2.75, 3.05) is 0 Å². The highest BCUT2D eigenvalue weighted by Crippen LogP contribution is 2.12. The Labute approximate surface area is 121 Å². The van der Waals surface area contributed by atoms with Crippen molar-refractivity contribution in [3.63, 3.8) is 0 Å². The Hall–Kier alpha value is -2.00. The van der Waals surface area contributed by atoms with Crippen LogP contribution in [0.3, 0.4) is 0 Å². The van der Waals surface area contributed by atoms with Crippen LogP contribution in [-0.4, -0.2) is 31.4 Å². The van der Waals surface area contributed by atoms with Gasteiger partial charge in [0.2, 0.25) is 5.91 Å². The molecule has 1 aromatic carbocycles. The van der Waals surface area contributed by atoms with Gasteiger partial charge in [-0.25, -0.2) is 0 Å². The Morgan fingerprint density at radius 1 is 1.29 bits per heavy atom. The average molecular weight is 318 g/mol. The van der Waals surface area contributed by atoms with Crippen molar-refractivity contribution in [1.82, 2.24) is 5.32 Å². The summed E-state index contributed by atoms with van der Waals surface area (Å²) in [6, 6.07) is 3.84. The number of carboxylic acid groups (broad SMARTS) is 1. The standard InChI is InChI=1S/C12H15FN2O5S/c13-21(19,20)9-3-1-8(2-4-9)7-15-11(16)6-5-10(14)12(17)18/h1-4,10H,5-7,14H2,(H,15,16)(H,17,18). The first-order valence-electron chi connectivity index (χ1n) is 5.99. The van der Waals surface area contributed by atoms with Gasteiger partial charge >= 0.3 is 16.2 Å². The number of halogens is 1. The lowest BCUT2D eigenvalue weighted by atomic mass is 10.1. The van der Waals surface area contributed by atoms with Gasteiger partial charge in [-0.15, -0.1) is 3.89 Å². The first-order valence-corrected chi connectivity index (χ1v) is 7.37. The lowest BCUT2D eigenvalue weighted by Crippen LogP contribution is -2.32. The largest absolute Gasteiger partial charge is 0.480 e. The topological polar surface area (TPSA) is 127 Å². The third-order valence-electron chi connectivity index (χ3n) is 2.69. The fourth-order valence-corrected chi connectivity index (χ4v) is 1.93. The molecule has 1 rings (SSSR count). The smallest absolute Gasteiger partial charge is 0.332 e. The van der Waals surface area contributed by atoms with Crippen molar-refractivity contribution < 1.29 is 27.0 Å². The van der Waals surface area contributed by atoms with E-state index >= 15 is 0 Å². The molecule has 7 nitrogen and oxygen atoms in total. The van der Waals surface area contributed by atoms with Gasteiger partial charge in [-0.2, -0.15) is 8.42 Å². The van der Waals surface area contributed by atoms with Crippen LogP contribution in [0.5, 0.6) is 0 Å². The molecule has 0 aromatic heterocycles. The summed E-state index contributed by atoms with van der Waals surface area (Å²) in [7, 11) is -4.73. The number of hydrogen-bond donors (Lipinski definition) is 3. The number of amides is 1. The van der Waals surface area contributed by atoms with E-state index < -0.39 is 27.1 Å². The number of aliphatic carboxylic acids is 1. The van der Waals surface area contributed by atoms with Crippen LogP contribution in [0.25, 0.3) is 0 Å². The van der Waals surface area contributed by atoms with Crippen LogP contribution in [-0.2, 0) is 26.4 Å². The molecule has 0 heterocycles. The number of rotatable bonds is 7. The lowest BCUT2D eigenvalue weighted by molar-refractivity contribution is -0.138. The second kappa shape index (κ2) is 7.14. The molecule has 21 heavy (non-hydrogen) atoms. The van der Waals surface area contributed by atoms with Gasteiger partial charge < -0.3 is 16.2 Å². The number of hydrogen-bond acceptors (Lipinski definition) is 5. The minimum absolute atomic E-state index is 0.0141. The third-order valence-corrected chi connectivity index (χ3v) is 3.53. The van der Waals surface area contributed by atoms with Crippen LogP contribution in [0.2, 0.25) is 0 Å². The number of nitrogens with one attached hydrogen (secondary N) is 1. The Morgan fingerprint density at radius 3 is 2.33 bits per heavy atom. The monoisotopic (exact) mass is 318 g/mol. The van der Waals surface area contributed by atoms with E-state index in [1.165, 1.54) is 12.1 Å². The second-order valence-corrected chi connectivity index (χ2v) is 5.69. The molecule has 0 bridgehead atoms. The molecule has 116 valence electrons. The summed E-state index contributed by atoms with van der Waals surface area (Å²) in [5, 5.41) is 11.1. The molecule has 0 spiro atoms. The Balaban J connectivity index is 2.45. The van der Waals surface area contributed by atoms with Crippen molar-refractivity contribution >= 4 is 22.1 Å². The number of benzene rings is 1. The molecule has 1 atom stereocenters. The lowest BCUT2D eigenvalue weighted by Gasteiger charge is -2.07. The molecule has 0 aliphatic rings. The first kappa shape index (κ1) is 17.1. The van der Waals surface area contributed by atoms with Crippen molar-refractivity contribution in [3.8, 4) is 0 Å². The normalized spacial score (nSPS) is 12.7. The van der Waals surface area contributed by atoms with Gasteiger partial charge in [0.1, 0.15) is 6.04 Å². The minimum atomic E-state index is -4.73. The maximum atomic E-state index is 12.7. The fraction of sp³-hybridized carbons (Fsp3) is 0.333. The van der Waals surface area contributed by atoms with Crippen LogP contribution in [0.1, 0.15) is 18.4 Å². The molecule has 0 saturated carbocycles. The van der Waals surface area contributed by atoms with Crippen molar-refractivity contribution in [3.05, 3.63) is 29.8 Å². The van der Waals surface area contributed by atoms with Gasteiger partial charge in [0, 0.05) is 13.0 Å². The Bertz CT molecular complexity index is 615. The van der Waals surface area contributed by atoms with Gasteiger partial charge in [-0.1, -0.05) is 12.1 Å². The van der Waals surface area contributed by atoms with Crippen LogP contribution >= 0.6 is 0 Å². The third kappa shape index (κ3) is 5.88. The number of carbonyl (C=O) groups excluding carboxylic acids is 1. The molecule has 0 radical (unpaired) electrons. The Kier molecular flexibility index (Phi) is 5.79. The molecule has 0 aliphatic heterocycles. The molecule has 4 N–H and O–H groups in total. The van der Waals surface area contributed by atoms with Crippen molar-refractivity contribution in [2.45, 2.75) is 30.3 Å². The van der Waals surface area contributed by atoms with Crippen molar-refractivity contribution in [2.24, 2.45) is 5.73 Å². The summed E-state index contributed by atoms with van der Waals surface area (Å²) in [4.78, 5) is 21.5. The summed E-state index contributed by atoms with van der Waals surface area (Å²) >= 11 is 0. The minimum Gasteiger partial charge on any atom is -0.480 e.